The Morgan fingerprint density at radius 2 is 0.559 bits per heavy atom. The van der Waals surface area contributed by atoms with Gasteiger partial charge in [0.15, 0.2) is 0 Å². The van der Waals surface area contributed by atoms with Crippen LogP contribution in [0.25, 0.3) is 0 Å². The van der Waals surface area contributed by atoms with Crippen molar-refractivity contribution in [3.8, 4) is 0 Å². The fourth-order valence-corrected chi connectivity index (χ4v) is 7.61. The third-order valence-corrected chi connectivity index (χ3v) is 8.83. The van der Waals surface area contributed by atoms with E-state index in [1.807, 2.05) is 0 Å². The fourth-order valence-electron chi connectivity index (χ4n) is 7.61. The molecule has 206 valence electrons. The molecule has 0 aliphatic heterocycles. The van der Waals surface area contributed by atoms with Crippen LogP contribution in [0.4, 0.5) is 0 Å². The van der Waals surface area contributed by atoms with Gasteiger partial charge in [-0.25, -0.2) is 0 Å². The van der Waals surface area contributed by atoms with Crippen LogP contribution in [0.1, 0.15) is 125 Å². The molecule has 0 bridgehead atoms. The Hall–Kier alpha value is -0.120. The minimum absolute atomic E-state index is 0.118. The Kier molecular flexibility index (Phi) is 13.4. The highest BCUT2D eigenvalue weighted by molar-refractivity contribution is 5.06. The molecule has 0 radical (unpaired) electrons. The smallest absolute Gasteiger partial charge is 0.0387 e. The third kappa shape index (κ3) is 7.00. The Bertz CT molecular complexity index is 479. The molecule has 0 N–H and O–H groups in total. The number of rotatable bonds is 15. The lowest BCUT2D eigenvalue weighted by molar-refractivity contribution is -0.101. The molecular formula is C31H67N3. The second kappa shape index (κ2) is 13.4. The standard InChI is InChI=1S/C31H67N3/c1-21(2)30(22(3)4,33(26(11)12)27(13)14)19-32(25(9)10)20-31(23(5)6,24(7)8)34(28(15)16)29(17)18/h21-29H,19-20H2,1-18H3. The largest absolute Gasteiger partial charge is 0.297 e. The first-order valence-electron chi connectivity index (χ1n) is 14.6. The van der Waals surface area contributed by atoms with Crippen LogP contribution in [-0.2, 0) is 0 Å². The SMILES string of the molecule is CC(C)N(CC(C(C)C)(C(C)C)N(C(C)C)C(C)C)CC(C(C)C)(C(C)C)N(C(C)C)C(C)C. The van der Waals surface area contributed by atoms with Crippen molar-refractivity contribution in [2.75, 3.05) is 13.1 Å². The average molecular weight is 482 g/mol. The van der Waals surface area contributed by atoms with Crippen molar-refractivity contribution in [1.29, 1.82) is 0 Å². The maximum absolute atomic E-state index is 2.86. The van der Waals surface area contributed by atoms with Crippen LogP contribution in [-0.4, -0.2) is 69.1 Å². The summed E-state index contributed by atoms with van der Waals surface area (Å²) in [7, 11) is 0. The molecule has 34 heavy (non-hydrogen) atoms. The molecule has 0 aromatic rings. The Morgan fingerprint density at radius 1 is 0.353 bits per heavy atom. The molecule has 0 aliphatic rings. The zero-order chi connectivity index (χ0) is 27.3. The molecule has 3 nitrogen and oxygen atoms in total. The molecule has 0 fully saturated rings. The molecule has 0 aromatic carbocycles. The summed E-state index contributed by atoms with van der Waals surface area (Å²) in [6, 6.07) is 2.56. The normalized spacial score (nSPS) is 14.6. The van der Waals surface area contributed by atoms with E-state index < -0.39 is 0 Å². The minimum atomic E-state index is 0.118. The molecule has 0 aliphatic carbocycles. The number of hydrogen-bond donors (Lipinski definition) is 0. The van der Waals surface area contributed by atoms with Crippen LogP contribution < -0.4 is 0 Å². The lowest BCUT2D eigenvalue weighted by Gasteiger charge is -2.59. The van der Waals surface area contributed by atoms with Crippen LogP contribution in [0, 0.1) is 23.7 Å². The van der Waals surface area contributed by atoms with Gasteiger partial charge in [0.1, 0.15) is 0 Å². The van der Waals surface area contributed by atoms with E-state index in [-0.39, 0.29) is 11.1 Å². The van der Waals surface area contributed by atoms with Crippen molar-refractivity contribution in [1.82, 2.24) is 14.7 Å². The quantitative estimate of drug-likeness (QED) is 0.234. The average Bonchev–Trinajstić information content (AvgIpc) is 2.62. The summed E-state index contributed by atoms with van der Waals surface area (Å²) in [5.41, 5.74) is 0.236. The highest BCUT2D eigenvalue weighted by Gasteiger charge is 2.50. The van der Waals surface area contributed by atoms with Gasteiger partial charge in [0.05, 0.1) is 0 Å². The van der Waals surface area contributed by atoms with Gasteiger partial charge in [-0.1, -0.05) is 55.4 Å². The van der Waals surface area contributed by atoms with Crippen LogP contribution in [0.15, 0.2) is 0 Å². The van der Waals surface area contributed by atoms with Crippen molar-refractivity contribution in [3.05, 3.63) is 0 Å². The highest BCUT2D eigenvalue weighted by atomic mass is 15.3. The van der Waals surface area contributed by atoms with Gasteiger partial charge in [0.2, 0.25) is 0 Å². The summed E-state index contributed by atoms with van der Waals surface area (Å²) >= 11 is 0. The maximum atomic E-state index is 2.86. The predicted molar refractivity (Wildman–Crippen MR) is 156 cm³/mol. The van der Waals surface area contributed by atoms with Gasteiger partial charge in [0, 0.05) is 54.4 Å². The second-order valence-electron chi connectivity index (χ2n) is 13.8. The van der Waals surface area contributed by atoms with Gasteiger partial charge in [-0.2, -0.15) is 0 Å². The Labute approximate surface area is 217 Å². The summed E-state index contributed by atoms with van der Waals surface area (Å²) in [4.78, 5) is 8.54. The van der Waals surface area contributed by atoms with Gasteiger partial charge in [-0.3, -0.25) is 14.7 Å². The Morgan fingerprint density at radius 3 is 0.676 bits per heavy atom. The van der Waals surface area contributed by atoms with Crippen molar-refractivity contribution in [2.45, 2.75) is 166 Å². The van der Waals surface area contributed by atoms with Crippen molar-refractivity contribution < 1.29 is 0 Å². The van der Waals surface area contributed by atoms with E-state index in [0.29, 0.717) is 53.9 Å². The topological polar surface area (TPSA) is 9.72 Å². The highest BCUT2D eigenvalue weighted by Crippen LogP contribution is 2.41. The molecule has 0 amide bonds. The van der Waals surface area contributed by atoms with Crippen molar-refractivity contribution in [2.24, 2.45) is 23.7 Å². The van der Waals surface area contributed by atoms with E-state index in [1.165, 1.54) is 0 Å². The van der Waals surface area contributed by atoms with Gasteiger partial charge >= 0.3 is 0 Å². The minimum Gasteiger partial charge on any atom is -0.297 e. The van der Waals surface area contributed by atoms with Gasteiger partial charge < -0.3 is 0 Å². The first kappa shape index (κ1) is 33.9. The van der Waals surface area contributed by atoms with Crippen LogP contribution in [0.5, 0.6) is 0 Å². The van der Waals surface area contributed by atoms with Crippen LogP contribution >= 0.6 is 0 Å². The fraction of sp³-hybridized carbons (Fsp3) is 1.00. The van der Waals surface area contributed by atoms with E-state index in [9.17, 15) is 0 Å². The maximum Gasteiger partial charge on any atom is 0.0387 e. The predicted octanol–water partition coefficient (Wildman–Crippen LogP) is 8.04. The van der Waals surface area contributed by atoms with Crippen LogP contribution in [0.2, 0.25) is 0 Å². The number of hydrogen-bond acceptors (Lipinski definition) is 3. The molecule has 0 saturated heterocycles. The lowest BCUT2D eigenvalue weighted by atomic mass is 9.71. The Balaban J connectivity index is 6.94. The van der Waals surface area contributed by atoms with Gasteiger partial charge in [-0.05, 0) is 92.9 Å². The molecule has 0 spiro atoms. The van der Waals surface area contributed by atoms with E-state index in [2.05, 4.69) is 139 Å². The van der Waals surface area contributed by atoms with E-state index in [1.54, 1.807) is 0 Å². The molecular weight excluding hydrogens is 414 g/mol. The molecule has 0 saturated carbocycles. The summed E-state index contributed by atoms with van der Waals surface area (Å²) in [6.07, 6.45) is 0. The van der Waals surface area contributed by atoms with E-state index in [0.717, 1.165) is 13.1 Å². The summed E-state index contributed by atoms with van der Waals surface area (Å²) in [5.74, 6) is 2.27. The van der Waals surface area contributed by atoms with Crippen LogP contribution in [0.3, 0.4) is 0 Å². The van der Waals surface area contributed by atoms with Gasteiger partial charge in [-0.15, -0.1) is 0 Å². The molecule has 0 atom stereocenters. The monoisotopic (exact) mass is 482 g/mol. The zero-order valence-corrected chi connectivity index (χ0v) is 27.0. The van der Waals surface area contributed by atoms with Crippen molar-refractivity contribution in [3.63, 3.8) is 0 Å². The second-order valence-corrected chi connectivity index (χ2v) is 13.8. The first-order valence-corrected chi connectivity index (χ1v) is 14.6. The third-order valence-electron chi connectivity index (χ3n) is 8.83. The molecule has 3 heteroatoms. The molecule has 0 heterocycles. The number of nitrogens with zero attached hydrogens (tertiary/aromatic N) is 3. The summed E-state index contributed by atoms with van der Waals surface area (Å²) in [6.45, 7) is 45.9. The summed E-state index contributed by atoms with van der Waals surface area (Å²) < 4.78 is 0. The lowest BCUT2D eigenvalue weighted by Crippen LogP contribution is -2.70. The first-order chi connectivity index (χ1) is 15.3. The van der Waals surface area contributed by atoms with Gasteiger partial charge in [0.25, 0.3) is 0 Å². The molecule has 0 rings (SSSR count). The zero-order valence-electron chi connectivity index (χ0n) is 27.0. The summed E-state index contributed by atoms with van der Waals surface area (Å²) in [5, 5.41) is 0. The van der Waals surface area contributed by atoms with Crippen molar-refractivity contribution >= 4 is 0 Å². The molecule has 0 aromatic heterocycles. The van der Waals surface area contributed by atoms with E-state index in [4.69, 9.17) is 0 Å². The molecule has 0 unspecified atom stereocenters. The van der Waals surface area contributed by atoms with E-state index >= 15 is 0 Å².